The first kappa shape index (κ1) is 15.2. The molecule has 0 bridgehead atoms. The Balaban J connectivity index is 2.45. The summed E-state index contributed by atoms with van der Waals surface area (Å²) in [4.78, 5) is 0. The molecular weight excluding hydrogens is 288 g/mol. The zero-order valence-corrected chi connectivity index (χ0v) is 12.9. The third-order valence-electron chi connectivity index (χ3n) is 3.47. The van der Waals surface area contributed by atoms with Crippen LogP contribution in [0.3, 0.4) is 0 Å². The molecule has 0 fully saturated rings. The summed E-state index contributed by atoms with van der Waals surface area (Å²) in [6.45, 7) is 3.45. The molecule has 2 rings (SSSR count). The Morgan fingerprint density at radius 3 is 2.57 bits per heavy atom. The topological polar surface area (TPSA) is 95.7 Å². The van der Waals surface area contributed by atoms with E-state index in [1.54, 1.807) is 19.9 Å². The van der Waals surface area contributed by atoms with E-state index in [1.807, 2.05) is 24.3 Å². The van der Waals surface area contributed by atoms with Crippen LogP contribution in [-0.4, -0.2) is 36.2 Å². The number of anilines is 1. The van der Waals surface area contributed by atoms with Crippen LogP contribution in [-0.2, 0) is 9.84 Å². The predicted molar refractivity (Wildman–Crippen MR) is 81.7 cm³/mol. The van der Waals surface area contributed by atoms with Crippen molar-refractivity contribution in [1.82, 2.24) is 10.2 Å². The Morgan fingerprint density at radius 2 is 1.95 bits per heavy atom. The van der Waals surface area contributed by atoms with Crippen molar-refractivity contribution in [2.45, 2.75) is 18.6 Å². The molecule has 1 N–H and O–H groups in total. The highest BCUT2D eigenvalue weighted by Gasteiger charge is 2.30. The van der Waals surface area contributed by atoms with Crippen LogP contribution in [0.5, 0.6) is 0 Å². The number of nitrogens with zero attached hydrogens (tertiary/aromatic N) is 3. The van der Waals surface area contributed by atoms with Crippen LogP contribution in [0.1, 0.15) is 19.5 Å². The summed E-state index contributed by atoms with van der Waals surface area (Å²) in [7, 11) is -3.23. The molecule has 0 aliphatic heterocycles. The molecule has 0 radical (unpaired) electrons. The van der Waals surface area contributed by atoms with Gasteiger partial charge in [0.05, 0.1) is 16.0 Å². The third kappa shape index (κ3) is 2.95. The molecule has 0 saturated heterocycles. The fourth-order valence-electron chi connectivity index (χ4n) is 1.74. The monoisotopic (exact) mass is 304 g/mol. The van der Waals surface area contributed by atoms with E-state index in [4.69, 9.17) is 5.26 Å². The van der Waals surface area contributed by atoms with Crippen molar-refractivity contribution in [2.75, 3.05) is 18.1 Å². The van der Waals surface area contributed by atoms with Crippen molar-refractivity contribution >= 4 is 26.4 Å². The lowest BCUT2D eigenvalue weighted by Crippen LogP contribution is -2.38. The zero-order valence-electron chi connectivity index (χ0n) is 12.1. The van der Waals surface area contributed by atoms with Gasteiger partial charge in [-0.2, -0.15) is 5.26 Å². The number of nitriles is 1. The number of benzene rings is 1. The molecule has 6 nitrogen and oxygen atoms in total. The maximum absolute atomic E-state index is 11.8. The van der Waals surface area contributed by atoms with Gasteiger partial charge in [0.25, 0.3) is 0 Å². The minimum atomic E-state index is -3.23. The number of nitrogens with one attached hydrogen (secondary N) is 1. The smallest absolute Gasteiger partial charge is 0.186 e. The molecular formula is C14H16N4O2S. The van der Waals surface area contributed by atoms with Crippen LogP contribution in [0, 0.1) is 11.3 Å². The number of aromatic nitrogens is 2. The lowest BCUT2D eigenvalue weighted by Gasteiger charge is -2.23. The van der Waals surface area contributed by atoms with E-state index < -0.39 is 14.6 Å². The van der Waals surface area contributed by atoms with Gasteiger partial charge in [0.1, 0.15) is 6.07 Å². The predicted octanol–water partition coefficient (Wildman–Crippen LogP) is 1.74. The molecule has 0 aliphatic carbocycles. The average Bonchev–Trinajstić information content (AvgIpc) is 2.43. The third-order valence-corrected chi connectivity index (χ3v) is 5.62. The molecule has 1 heterocycles. The molecule has 2 aromatic rings. The van der Waals surface area contributed by atoms with Gasteiger partial charge in [0.15, 0.2) is 15.5 Å². The van der Waals surface area contributed by atoms with Crippen LogP contribution < -0.4 is 5.32 Å². The largest absolute Gasteiger partial charge is 0.381 e. The second-order valence-electron chi connectivity index (χ2n) is 5.44. The van der Waals surface area contributed by atoms with E-state index in [9.17, 15) is 8.42 Å². The molecule has 7 heteroatoms. The molecule has 1 aromatic carbocycles. The Morgan fingerprint density at radius 1 is 1.29 bits per heavy atom. The fourth-order valence-corrected chi connectivity index (χ4v) is 2.08. The number of sulfone groups is 1. The molecule has 0 spiro atoms. The zero-order chi connectivity index (χ0) is 15.7. The molecule has 0 atom stereocenters. The summed E-state index contributed by atoms with van der Waals surface area (Å²) < 4.78 is 22.6. The second kappa shape index (κ2) is 5.30. The number of hydrogen-bond acceptors (Lipinski definition) is 6. The molecule has 0 aliphatic rings. The number of hydrogen-bond donors (Lipinski definition) is 1. The minimum absolute atomic E-state index is 0.151. The van der Waals surface area contributed by atoms with Gasteiger partial charge >= 0.3 is 0 Å². The van der Waals surface area contributed by atoms with Crippen LogP contribution >= 0.6 is 0 Å². The molecule has 21 heavy (non-hydrogen) atoms. The van der Waals surface area contributed by atoms with Crippen LogP contribution in [0.4, 0.5) is 5.69 Å². The minimum Gasteiger partial charge on any atom is -0.381 e. The lowest BCUT2D eigenvalue weighted by atomic mass is 10.1. The molecule has 0 saturated carbocycles. The molecule has 0 amide bonds. The van der Waals surface area contributed by atoms with Crippen molar-refractivity contribution in [3.05, 3.63) is 30.0 Å². The highest BCUT2D eigenvalue weighted by Crippen LogP contribution is 2.25. The van der Waals surface area contributed by atoms with Gasteiger partial charge in [-0.1, -0.05) is 18.2 Å². The van der Waals surface area contributed by atoms with Crippen molar-refractivity contribution in [2.24, 2.45) is 0 Å². The van der Waals surface area contributed by atoms with Crippen LogP contribution in [0.25, 0.3) is 10.9 Å². The number of rotatable bonds is 4. The average molecular weight is 304 g/mol. The summed E-state index contributed by atoms with van der Waals surface area (Å²) in [5, 5.41) is 20.8. The summed E-state index contributed by atoms with van der Waals surface area (Å²) in [6.07, 6.45) is 1.20. The van der Waals surface area contributed by atoms with E-state index in [-0.39, 0.29) is 12.2 Å². The summed E-state index contributed by atoms with van der Waals surface area (Å²) in [5.41, 5.74) is 1.31. The Labute approximate surface area is 123 Å². The van der Waals surface area contributed by atoms with Crippen molar-refractivity contribution in [3.8, 4) is 6.07 Å². The summed E-state index contributed by atoms with van der Waals surface area (Å²) in [6, 6.07) is 9.24. The van der Waals surface area contributed by atoms with Gasteiger partial charge in [0.2, 0.25) is 0 Å². The first-order valence-electron chi connectivity index (χ1n) is 6.35. The molecule has 1 aromatic heterocycles. The quantitative estimate of drug-likeness (QED) is 0.924. The highest BCUT2D eigenvalue weighted by atomic mass is 32.2. The second-order valence-corrected chi connectivity index (χ2v) is 8.09. The maximum Gasteiger partial charge on any atom is 0.186 e. The van der Waals surface area contributed by atoms with E-state index in [0.717, 1.165) is 5.39 Å². The van der Waals surface area contributed by atoms with E-state index in [0.29, 0.717) is 11.2 Å². The van der Waals surface area contributed by atoms with Gasteiger partial charge in [-0.15, -0.1) is 10.2 Å². The van der Waals surface area contributed by atoms with Gasteiger partial charge in [0, 0.05) is 18.2 Å². The van der Waals surface area contributed by atoms with Crippen LogP contribution in [0.15, 0.2) is 24.3 Å². The van der Waals surface area contributed by atoms with Gasteiger partial charge in [-0.25, -0.2) is 8.42 Å². The normalized spacial score (nSPS) is 12.1. The lowest BCUT2D eigenvalue weighted by molar-refractivity contribution is 0.560. The SMILES string of the molecule is CC(C)(CNc1c(C#N)nnc2ccccc12)S(C)(=O)=O. The summed E-state index contributed by atoms with van der Waals surface area (Å²) >= 11 is 0. The Hall–Kier alpha value is -2.20. The fraction of sp³-hybridized carbons (Fsp3) is 0.357. The van der Waals surface area contributed by atoms with Crippen molar-refractivity contribution in [3.63, 3.8) is 0 Å². The van der Waals surface area contributed by atoms with Crippen molar-refractivity contribution < 1.29 is 8.42 Å². The standard InChI is InChI=1S/C14H16N4O2S/c1-14(2,21(3,19)20)9-16-13-10-6-4-5-7-11(10)17-18-12(13)8-15/h4-7H,9H2,1-3H3,(H,16,17). The maximum atomic E-state index is 11.8. The number of fused-ring (bicyclic) bond motifs is 1. The first-order chi connectivity index (χ1) is 9.76. The Bertz CT molecular complexity index is 822. The van der Waals surface area contributed by atoms with Crippen LogP contribution in [0.2, 0.25) is 0 Å². The molecule has 0 unspecified atom stereocenters. The first-order valence-corrected chi connectivity index (χ1v) is 8.24. The summed E-state index contributed by atoms with van der Waals surface area (Å²) in [5.74, 6) is 0. The van der Waals surface area contributed by atoms with Gasteiger partial charge < -0.3 is 5.32 Å². The van der Waals surface area contributed by atoms with Gasteiger partial charge in [-0.05, 0) is 19.9 Å². The Kier molecular flexibility index (Phi) is 3.83. The highest BCUT2D eigenvalue weighted by molar-refractivity contribution is 7.92. The van der Waals surface area contributed by atoms with Gasteiger partial charge in [-0.3, -0.25) is 0 Å². The van der Waals surface area contributed by atoms with E-state index in [2.05, 4.69) is 15.5 Å². The molecule has 110 valence electrons. The van der Waals surface area contributed by atoms with Crippen molar-refractivity contribution in [1.29, 1.82) is 5.26 Å². The van der Waals surface area contributed by atoms with E-state index >= 15 is 0 Å². The van der Waals surface area contributed by atoms with E-state index in [1.165, 1.54) is 6.26 Å².